The van der Waals surface area contributed by atoms with Gasteiger partial charge in [0.2, 0.25) is 5.91 Å². The third-order valence-corrected chi connectivity index (χ3v) is 4.42. The van der Waals surface area contributed by atoms with Gasteiger partial charge in [0, 0.05) is 10.1 Å². The summed E-state index contributed by atoms with van der Waals surface area (Å²) in [5, 5.41) is 14.2. The summed E-state index contributed by atoms with van der Waals surface area (Å²) in [7, 11) is 0. The van der Waals surface area contributed by atoms with Crippen molar-refractivity contribution in [1.29, 1.82) is 0 Å². The molecule has 0 aliphatic rings. The van der Waals surface area contributed by atoms with Gasteiger partial charge in [-0.25, -0.2) is 0 Å². The van der Waals surface area contributed by atoms with Gasteiger partial charge in [0.05, 0.1) is 18.4 Å². The van der Waals surface area contributed by atoms with E-state index in [0.29, 0.717) is 12.3 Å². The van der Waals surface area contributed by atoms with Crippen LogP contribution in [0.15, 0.2) is 17.5 Å². The Bertz CT molecular complexity index is 312. The number of aliphatic hydroxyl groups excluding tert-OH is 1. The maximum Gasteiger partial charge on any atom is 0.230 e. The first-order valence-corrected chi connectivity index (χ1v) is 7.11. The molecule has 0 aliphatic carbocycles. The monoisotopic (exact) mass is 259 g/mol. The second-order valence-electron chi connectivity index (χ2n) is 3.61. The molecule has 0 saturated heterocycles. The fraction of sp³-hybridized carbons (Fsp3) is 0.545. The highest BCUT2D eigenvalue weighted by Gasteiger charge is 2.11. The Labute approximate surface area is 104 Å². The molecule has 1 aromatic rings. The maximum atomic E-state index is 11.5. The van der Waals surface area contributed by atoms with Gasteiger partial charge < -0.3 is 10.4 Å². The molecular formula is C11H17NO2S2. The van der Waals surface area contributed by atoms with E-state index in [1.54, 1.807) is 18.3 Å². The van der Waals surface area contributed by atoms with Gasteiger partial charge in [-0.05, 0) is 18.4 Å². The van der Waals surface area contributed by atoms with Crippen LogP contribution in [0.5, 0.6) is 0 Å². The minimum Gasteiger partial charge on any atom is -0.392 e. The zero-order valence-corrected chi connectivity index (χ0v) is 11.1. The van der Waals surface area contributed by atoms with Crippen molar-refractivity contribution in [3.8, 4) is 0 Å². The number of carbonyl (C=O) groups is 1. The lowest BCUT2D eigenvalue weighted by atomic mass is 10.3. The van der Waals surface area contributed by atoms with E-state index in [1.165, 1.54) is 11.8 Å². The number of amides is 1. The number of aliphatic hydroxyl groups is 1. The molecule has 1 amide bonds. The van der Waals surface area contributed by atoms with E-state index in [9.17, 15) is 9.90 Å². The van der Waals surface area contributed by atoms with Crippen molar-refractivity contribution in [2.75, 3.05) is 5.75 Å². The molecule has 1 aromatic heterocycles. The van der Waals surface area contributed by atoms with Gasteiger partial charge >= 0.3 is 0 Å². The van der Waals surface area contributed by atoms with E-state index in [-0.39, 0.29) is 17.3 Å². The van der Waals surface area contributed by atoms with Gasteiger partial charge in [-0.2, -0.15) is 0 Å². The van der Waals surface area contributed by atoms with Crippen LogP contribution in [-0.4, -0.2) is 28.1 Å². The Balaban J connectivity index is 2.16. The number of carbonyl (C=O) groups excluding carboxylic acids is 1. The van der Waals surface area contributed by atoms with Crippen LogP contribution in [-0.2, 0) is 11.3 Å². The topological polar surface area (TPSA) is 49.3 Å². The van der Waals surface area contributed by atoms with Gasteiger partial charge in [-0.3, -0.25) is 4.79 Å². The summed E-state index contributed by atoms with van der Waals surface area (Å²) in [6.07, 6.45) is -0.380. The molecule has 0 fully saturated rings. The van der Waals surface area contributed by atoms with Crippen molar-refractivity contribution in [2.24, 2.45) is 0 Å². The third kappa shape index (κ3) is 5.01. The Morgan fingerprint density at radius 1 is 1.62 bits per heavy atom. The van der Waals surface area contributed by atoms with E-state index in [4.69, 9.17) is 0 Å². The minimum absolute atomic E-state index is 0.0194. The summed E-state index contributed by atoms with van der Waals surface area (Å²) < 4.78 is 0. The number of hydrogen-bond donors (Lipinski definition) is 2. The van der Waals surface area contributed by atoms with Crippen molar-refractivity contribution < 1.29 is 9.90 Å². The van der Waals surface area contributed by atoms with Crippen LogP contribution in [0.4, 0.5) is 0 Å². The van der Waals surface area contributed by atoms with Gasteiger partial charge in [0.1, 0.15) is 0 Å². The normalized spacial score (nSPS) is 14.4. The second-order valence-corrected chi connectivity index (χ2v) is 6.01. The van der Waals surface area contributed by atoms with Crippen LogP contribution >= 0.6 is 23.1 Å². The lowest BCUT2D eigenvalue weighted by Crippen LogP contribution is -2.26. The highest BCUT2D eigenvalue weighted by Crippen LogP contribution is 2.13. The quantitative estimate of drug-likeness (QED) is 0.820. The van der Waals surface area contributed by atoms with E-state index < -0.39 is 0 Å². The molecule has 2 atom stereocenters. The predicted molar refractivity (Wildman–Crippen MR) is 69.8 cm³/mol. The summed E-state index contributed by atoms with van der Waals surface area (Å²) in [4.78, 5) is 12.6. The first-order valence-electron chi connectivity index (χ1n) is 5.18. The van der Waals surface area contributed by atoms with Crippen molar-refractivity contribution in [3.63, 3.8) is 0 Å². The highest BCUT2D eigenvalue weighted by atomic mass is 32.2. The predicted octanol–water partition coefficient (Wildman–Crippen LogP) is 1.87. The first kappa shape index (κ1) is 13.5. The fourth-order valence-electron chi connectivity index (χ4n) is 0.996. The average molecular weight is 259 g/mol. The summed E-state index contributed by atoms with van der Waals surface area (Å²) in [5.41, 5.74) is 0. The summed E-state index contributed by atoms with van der Waals surface area (Å²) in [5.74, 6) is 0.420. The Kier molecular flexibility index (Phi) is 5.87. The molecule has 5 heteroatoms. The summed E-state index contributed by atoms with van der Waals surface area (Å²) in [6.45, 7) is 4.25. The van der Waals surface area contributed by atoms with Crippen LogP contribution in [0.25, 0.3) is 0 Å². The molecule has 0 spiro atoms. The highest BCUT2D eigenvalue weighted by molar-refractivity contribution is 8.00. The standard InChI is InChI=1S/C11H17NO2S2/c1-8(13)9(2)16-7-11(14)12-6-10-4-3-5-15-10/h3-5,8-9,13H,6-7H2,1-2H3,(H,12,14). The molecule has 1 rings (SSSR count). The molecule has 0 aromatic carbocycles. The van der Waals surface area contributed by atoms with Crippen LogP contribution < -0.4 is 5.32 Å². The molecule has 1 heterocycles. The minimum atomic E-state index is -0.380. The fourth-order valence-corrected chi connectivity index (χ4v) is 2.44. The SMILES string of the molecule is CC(O)C(C)SCC(=O)NCc1cccs1. The van der Waals surface area contributed by atoms with E-state index >= 15 is 0 Å². The third-order valence-electron chi connectivity index (χ3n) is 2.20. The molecular weight excluding hydrogens is 242 g/mol. The Hall–Kier alpha value is -0.520. The molecule has 90 valence electrons. The largest absolute Gasteiger partial charge is 0.392 e. The number of hydrogen-bond acceptors (Lipinski definition) is 4. The summed E-state index contributed by atoms with van der Waals surface area (Å²) in [6, 6.07) is 3.97. The van der Waals surface area contributed by atoms with E-state index in [2.05, 4.69) is 5.32 Å². The smallest absolute Gasteiger partial charge is 0.230 e. The van der Waals surface area contributed by atoms with Crippen molar-refractivity contribution in [1.82, 2.24) is 5.32 Å². The van der Waals surface area contributed by atoms with Gasteiger partial charge in [0.15, 0.2) is 0 Å². The molecule has 0 aliphatic heterocycles. The van der Waals surface area contributed by atoms with Crippen molar-refractivity contribution >= 4 is 29.0 Å². The molecule has 2 unspecified atom stereocenters. The number of nitrogens with one attached hydrogen (secondary N) is 1. The van der Waals surface area contributed by atoms with Gasteiger partial charge in [-0.1, -0.05) is 13.0 Å². The molecule has 0 bridgehead atoms. The van der Waals surface area contributed by atoms with Crippen LogP contribution in [0, 0.1) is 0 Å². The molecule has 0 saturated carbocycles. The average Bonchev–Trinajstić information content (AvgIpc) is 2.75. The first-order chi connectivity index (χ1) is 7.59. The zero-order valence-electron chi connectivity index (χ0n) is 9.47. The molecule has 16 heavy (non-hydrogen) atoms. The van der Waals surface area contributed by atoms with Crippen molar-refractivity contribution in [3.05, 3.63) is 22.4 Å². The van der Waals surface area contributed by atoms with Gasteiger partial charge in [0.25, 0.3) is 0 Å². The van der Waals surface area contributed by atoms with Crippen LogP contribution in [0.2, 0.25) is 0 Å². The maximum absolute atomic E-state index is 11.5. The lowest BCUT2D eigenvalue weighted by Gasteiger charge is -2.13. The lowest BCUT2D eigenvalue weighted by molar-refractivity contribution is -0.118. The number of rotatable bonds is 6. The van der Waals surface area contributed by atoms with Crippen molar-refractivity contribution in [2.45, 2.75) is 31.7 Å². The Morgan fingerprint density at radius 3 is 2.94 bits per heavy atom. The summed E-state index contributed by atoms with van der Waals surface area (Å²) >= 11 is 3.10. The van der Waals surface area contributed by atoms with Crippen LogP contribution in [0.3, 0.4) is 0 Å². The molecule has 0 radical (unpaired) electrons. The second kappa shape index (κ2) is 6.93. The van der Waals surface area contributed by atoms with Gasteiger partial charge in [-0.15, -0.1) is 23.1 Å². The molecule has 3 nitrogen and oxygen atoms in total. The Morgan fingerprint density at radius 2 is 2.38 bits per heavy atom. The zero-order chi connectivity index (χ0) is 12.0. The molecule has 2 N–H and O–H groups in total. The van der Waals surface area contributed by atoms with Crippen LogP contribution in [0.1, 0.15) is 18.7 Å². The van der Waals surface area contributed by atoms with E-state index in [1.807, 2.05) is 24.4 Å². The number of thioether (sulfide) groups is 1. The number of thiophene rings is 1. The van der Waals surface area contributed by atoms with E-state index in [0.717, 1.165) is 4.88 Å².